The van der Waals surface area contributed by atoms with Gasteiger partial charge < -0.3 is 9.84 Å². The summed E-state index contributed by atoms with van der Waals surface area (Å²) in [6.07, 6.45) is 0. The summed E-state index contributed by atoms with van der Waals surface area (Å²) in [7, 11) is -3.42. The smallest absolute Gasteiger partial charge is 0.190 e. The topological polar surface area (TPSA) is 63.6 Å². The Morgan fingerprint density at radius 3 is 2.10 bits per heavy atom. The Labute approximate surface area is 117 Å². The van der Waals surface area contributed by atoms with Gasteiger partial charge in [-0.05, 0) is 38.5 Å². The predicted molar refractivity (Wildman–Crippen MR) is 71.3 cm³/mol. The van der Waals surface area contributed by atoms with E-state index in [-0.39, 0.29) is 17.9 Å². The van der Waals surface area contributed by atoms with E-state index >= 15 is 0 Å². The summed E-state index contributed by atoms with van der Waals surface area (Å²) in [6, 6.07) is 1.88. The second-order valence-electron chi connectivity index (χ2n) is 5.33. The third-order valence-corrected chi connectivity index (χ3v) is 5.34. The minimum absolute atomic E-state index is 0.0784. The van der Waals surface area contributed by atoms with Crippen LogP contribution in [0.15, 0.2) is 12.1 Å². The number of rotatable bonds is 5. The molecule has 1 aromatic rings. The maximum absolute atomic E-state index is 13.5. The first-order valence-corrected chi connectivity index (χ1v) is 7.67. The Morgan fingerprint density at radius 1 is 1.20 bits per heavy atom. The van der Waals surface area contributed by atoms with Crippen LogP contribution in [0.2, 0.25) is 0 Å². The molecule has 0 spiro atoms. The average molecular weight is 308 g/mol. The molecule has 0 aliphatic carbocycles. The highest BCUT2D eigenvalue weighted by molar-refractivity contribution is 7.92. The van der Waals surface area contributed by atoms with Gasteiger partial charge in [0.2, 0.25) is 0 Å². The molecule has 0 fully saturated rings. The molecule has 0 aliphatic rings. The molecule has 0 amide bonds. The van der Waals surface area contributed by atoms with E-state index in [1.54, 1.807) is 20.8 Å². The highest BCUT2D eigenvalue weighted by Crippen LogP contribution is 2.24. The van der Waals surface area contributed by atoms with Gasteiger partial charge in [-0.15, -0.1) is 0 Å². The van der Waals surface area contributed by atoms with Crippen LogP contribution in [0.4, 0.5) is 8.78 Å². The third-order valence-electron chi connectivity index (χ3n) is 2.77. The molecule has 0 bridgehead atoms. The molecule has 0 saturated carbocycles. The molecule has 1 rings (SSSR count). The fourth-order valence-electron chi connectivity index (χ4n) is 1.40. The predicted octanol–water partition coefficient (Wildman–Crippen LogP) is 2.05. The second-order valence-corrected chi connectivity index (χ2v) is 8.19. The van der Waals surface area contributed by atoms with Crippen molar-refractivity contribution in [2.75, 3.05) is 12.4 Å². The Bertz CT molecular complexity index is 554. The lowest BCUT2D eigenvalue weighted by atomic mass is 10.2. The van der Waals surface area contributed by atoms with Gasteiger partial charge in [0, 0.05) is 0 Å². The Balaban J connectivity index is 2.78. The summed E-state index contributed by atoms with van der Waals surface area (Å²) in [6.45, 7) is 3.79. The molecule has 0 aliphatic heterocycles. The van der Waals surface area contributed by atoms with E-state index in [1.165, 1.54) is 0 Å². The number of aliphatic hydroxyl groups excluding tert-OH is 1. The number of hydrogen-bond acceptors (Lipinski definition) is 4. The van der Waals surface area contributed by atoms with Crippen molar-refractivity contribution in [2.45, 2.75) is 32.1 Å². The van der Waals surface area contributed by atoms with Gasteiger partial charge in [0.25, 0.3) is 0 Å². The van der Waals surface area contributed by atoms with Crippen LogP contribution < -0.4 is 4.74 Å². The normalized spacial score (nSPS) is 12.5. The van der Waals surface area contributed by atoms with Crippen LogP contribution in [0.1, 0.15) is 26.3 Å². The van der Waals surface area contributed by atoms with Crippen LogP contribution in [-0.2, 0) is 16.4 Å². The van der Waals surface area contributed by atoms with E-state index in [1.807, 2.05) is 0 Å². The maximum Gasteiger partial charge on any atom is 0.190 e. The molecule has 20 heavy (non-hydrogen) atoms. The monoisotopic (exact) mass is 308 g/mol. The van der Waals surface area contributed by atoms with Crippen LogP contribution in [0.25, 0.3) is 0 Å². The minimum atomic E-state index is -3.42. The number of ether oxygens (including phenoxy) is 1. The SMILES string of the molecule is CC(C)(C)S(=O)(=O)CCOc1c(F)cc(CO)cc1F. The van der Waals surface area contributed by atoms with E-state index < -0.39 is 38.6 Å². The lowest BCUT2D eigenvalue weighted by Crippen LogP contribution is -2.32. The highest BCUT2D eigenvalue weighted by Gasteiger charge is 2.28. The van der Waals surface area contributed by atoms with Gasteiger partial charge in [-0.25, -0.2) is 17.2 Å². The van der Waals surface area contributed by atoms with Gasteiger partial charge in [-0.1, -0.05) is 0 Å². The first-order chi connectivity index (χ1) is 9.08. The van der Waals surface area contributed by atoms with Gasteiger partial charge >= 0.3 is 0 Å². The van der Waals surface area contributed by atoms with E-state index in [4.69, 9.17) is 9.84 Å². The zero-order chi connectivity index (χ0) is 15.6. The molecule has 114 valence electrons. The number of hydrogen-bond donors (Lipinski definition) is 1. The average Bonchev–Trinajstić information content (AvgIpc) is 2.30. The second kappa shape index (κ2) is 6.05. The number of aliphatic hydroxyl groups is 1. The van der Waals surface area contributed by atoms with Crippen molar-refractivity contribution in [3.63, 3.8) is 0 Å². The van der Waals surface area contributed by atoms with E-state index in [9.17, 15) is 17.2 Å². The van der Waals surface area contributed by atoms with Crippen LogP contribution >= 0.6 is 0 Å². The summed E-state index contributed by atoms with van der Waals surface area (Å²) in [5.74, 6) is -2.91. The van der Waals surface area contributed by atoms with Crippen LogP contribution in [0.3, 0.4) is 0 Å². The number of sulfone groups is 1. The standard InChI is InChI=1S/C13H18F2O4S/c1-13(2,3)20(17,18)5-4-19-12-10(14)6-9(8-16)7-11(12)15/h6-7,16H,4-5,8H2,1-3H3. The lowest BCUT2D eigenvalue weighted by molar-refractivity contribution is 0.276. The Hall–Kier alpha value is -1.21. The van der Waals surface area contributed by atoms with E-state index in [0.29, 0.717) is 0 Å². The summed E-state index contributed by atoms with van der Waals surface area (Å²) >= 11 is 0. The van der Waals surface area contributed by atoms with Gasteiger partial charge in [0.1, 0.15) is 6.61 Å². The molecule has 0 radical (unpaired) electrons. The molecular formula is C13H18F2O4S. The molecule has 1 aromatic carbocycles. The van der Waals surface area contributed by atoms with Crippen LogP contribution in [0.5, 0.6) is 5.75 Å². The third kappa shape index (κ3) is 3.89. The highest BCUT2D eigenvalue weighted by atomic mass is 32.2. The Morgan fingerprint density at radius 2 is 1.70 bits per heavy atom. The number of benzene rings is 1. The molecule has 1 N–H and O–H groups in total. The molecule has 0 unspecified atom stereocenters. The van der Waals surface area contributed by atoms with Gasteiger partial charge in [0.05, 0.1) is 17.1 Å². The molecule has 0 heterocycles. The minimum Gasteiger partial charge on any atom is -0.487 e. The summed E-state index contributed by atoms with van der Waals surface area (Å²) in [5, 5.41) is 8.80. The summed E-state index contributed by atoms with van der Waals surface area (Å²) in [4.78, 5) is 0. The van der Waals surface area contributed by atoms with Crippen molar-refractivity contribution in [3.8, 4) is 5.75 Å². The van der Waals surface area contributed by atoms with E-state index in [2.05, 4.69) is 0 Å². The van der Waals surface area contributed by atoms with Crippen molar-refractivity contribution >= 4 is 9.84 Å². The van der Waals surface area contributed by atoms with Gasteiger partial charge in [0.15, 0.2) is 27.2 Å². The van der Waals surface area contributed by atoms with E-state index in [0.717, 1.165) is 12.1 Å². The number of halogens is 2. The fourth-order valence-corrected chi connectivity index (χ4v) is 2.32. The first kappa shape index (κ1) is 16.8. The van der Waals surface area contributed by atoms with Crippen molar-refractivity contribution < 1.29 is 27.0 Å². The van der Waals surface area contributed by atoms with Gasteiger partial charge in [-0.3, -0.25) is 0 Å². The molecule has 0 aromatic heterocycles. The zero-order valence-electron chi connectivity index (χ0n) is 11.6. The quantitative estimate of drug-likeness (QED) is 0.904. The van der Waals surface area contributed by atoms with Crippen molar-refractivity contribution in [1.29, 1.82) is 0 Å². The fraction of sp³-hybridized carbons (Fsp3) is 0.538. The molecule has 4 nitrogen and oxygen atoms in total. The maximum atomic E-state index is 13.5. The summed E-state index contributed by atoms with van der Waals surface area (Å²) < 4.78 is 54.6. The largest absolute Gasteiger partial charge is 0.487 e. The molecule has 0 saturated heterocycles. The first-order valence-electron chi connectivity index (χ1n) is 6.02. The van der Waals surface area contributed by atoms with Crippen molar-refractivity contribution in [3.05, 3.63) is 29.3 Å². The molecule has 0 atom stereocenters. The van der Waals surface area contributed by atoms with Gasteiger partial charge in [-0.2, -0.15) is 0 Å². The van der Waals surface area contributed by atoms with Crippen molar-refractivity contribution in [2.24, 2.45) is 0 Å². The lowest BCUT2D eigenvalue weighted by Gasteiger charge is -2.19. The van der Waals surface area contributed by atoms with Crippen molar-refractivity contribution in [1.82, 2.24) is 0 Å². The van der Waals surface area contributed by atoms with Crippen LogP contribution in [0, 0.1) is 11.6 Å². The van der Waals surface area contributed by atoms with Crippen LogP contribution in [-0.4, -0.2) is 30.6 Å². The Kier molecular flexibility index (Phi) is 5.10. The molecular weight excluding hydrogens is 290 g/mol. The zero-order valence-corrected chi connectivity index (χ0v) is 12.4. The summed E-state index contributed by atoms with van der Waals surface area (Å²) in [5.41, 5.74) is 0.0784. The molecule has 7 heteroatoms.